The van der Waals surface area contributed by atoms with Gasteiger partial charge in [-0.2, -0.15) is 0 Å². The lowest BCUT2D eigenvalue weighted by atomic mass is 10.0. The van der Waals surface area contributed by atoms with Crippen LogP contribution in [0.5, 0.6) is 0 Å². The molecule has 0 aliphatic carbocycles. The quantitative estimate of drug-likeness (QED) is 0.0165. The SMILES string of the molecule is C[C@H](NC(=O)[C@@H](NC(=O)[C@H](CCC(N)=O)NC(=O)[C@@H](N)CCCCN)[C@@H](C)O)C(=O)N[C@@H](CCCN=C(N)N)C(=O)N[C@@H](CCCCNC(=O)c1ccccn1)C(=O)N[C@@H](CO)C(=O)N[C@H](C(=O)NCC(=O)NCC(N)=O)[C@@H](C)O. The second-order valence-corrected chi connectivity index (χ2v) is 18.4. The molecule has 0 aliphatic rings. The number of amides is 12. The maximum atomic E-state index is 14.2. The number of hydrogen-bond donors (Lipinski definition) is 19. The summed E-state index contributed by atoms with van der Waals surface area (Å²) < 4.78 is 0. The lowest BCUT2D eigenvalue weighted by Gasteiger charge is -2.28. The summed E-state index contributed by atoms with van der Waals surface area (Å²) in [6.07, 6.45) is -1.25. The van der Waals surface area contributed by atoms with Gasteiger partial charge in [0.1, 0.15) is 48.0 Å². The Bertz CT molecular complexity index is 2270. The Kier molecular flexibility index (Phi) is 32.9. The molecule has 12 amide bonds. The predicted octanol–water partition coefficient (Wildman–Crippen LogP) is -9.36. The predicted molar refractivity (Wildman–Crippen MR) is 284 cm³/mol. The van der Waals surface area contributed by atoms with Gasteiger partial charge in [-0.15, -0.1) is 0 Å². The van der Waals surface area contributed by atoms with Crippen LogP contribution >= 0.6 is 0 Å². The number of aliphatic hydroxyl groups excluding tert-OH is 3. The van der Waals surface area contributed by atoms with E-state index < -0.39 is 151 Å². The van der Waals surface area contributed by atoms with Crippen LogP contribution in [-0.2, 0) is 52.7 Å². The van der Waals surface area contributed by atoms with E-state index in [4.69, 9.17) is 34.4 Å². The van der Waals surface area contributed by atoms with E-state index in [9.17, 15) is 72.9 Å². The Balaban J connectivity index is 3.42. The highest BCUT2D eigenvalue weighted by Crippen LogP contribution is 2.09. The number of nitrogens with two attached hydrogens (primary N) is 6. The number of nitrogens with zero attached hydrogens (tertiary/aromatic N) is 2. The van der Waals surface area contributed by atoms with E-state index in [1.807, 2.05) is 0 Å². The Morgan fingerprint density at radius 1 is 0.562 bits per heavy atom. The van der Waals surface area contributed by atoms with Crippen molar-refractivity contribution in [3.8, 4) is 0 Å². The number of pyridine rings is 1. The molecule has 1 aromatic rings. The average Bonchev–Trinajstić information content (AvgIpc) is 3.40. The minimum absolute atomic E-state index is 0.0366. The van der Waals surface area contributed by atoms with Crippen LogP contribution < -0.4 is 87.6 Å². The van der Waals surface area contributed by atoms with Crippen LogP contribution in [0.25, 0.3) is 0 Å². The maximum Gasteiger partial charge on any atom is 0.269 e. The molecule has 0 radical (unpaired) electrons. The molecule has 33 nitrogen and oxygen atoms in total. The van der Waals surface area contributed by atoms with Crippen molar-refractivity contribution in [2.45, 2.75) is 146 Å². The molecule has 0 aromatic carbocycles. The average molecular weight is 1140 g/mol. The van der Waals surface area contributed by atoms with Crippen molar-refractivity contribution in [3.63, 3.8) is 0 Å². The van der Waals surface area contributed by atoms with Gasteiger partial charge in [0.25, 0.3) is 5.91 Å². The summed E-state index contributed by atoms with van der Waals surface area (Å²) in [5.74, 6) is -11.6. The molecular weight excluding hydrogens is 1060 g/mol. The molecule has 0 bridgehead atoms. The van der Waals surface area contributed by atoms with Crippen LogP contribution in [0.2, 0.25) is 0 Å². The zero-order valence-electron chi connectivity index (χ0n) is 45.0. The standard InChI is InChI=1S/C47H80N18O15/c1-24(59-46(80)37(26(3)68)65-43(77)31(15-16-33(50)69)61-39(73)27(49)11-4-7-17-48)38(72)60-30(14-10-20-56-47(52)53)41(75)62-29(13-6-9-19-55-40(74)28-12-5-8-18-54-28)42(76)63-32(23-66)44(78)64-36(25(2)67)45(79)58-22-35(71)57-21-34(51)70/h5,8,12,18,24-27,29-32,36-37,66-68H,4,6-7,9-11,13-17,19-23,48-49H2,1-3H3,(H2,50,69)(H2,51,70)(H,55,74)(H,57,71)(H,58,79)(H,59,80)(H,60,72)(H,61,73)(H,62,75)(H,63,76)(H,64,78)(H,65,77)(H4,52,53,56)/t24-,25+,26+,27-,29-,30-,31-,32-,36-,37-/m0/s1. The Hall–Kier alpha value is -8.14. The molecule has 10 atom stereocenters. The van der Waals surface area contributed by atoms with Gasteiger partial charge in [-0.1, -0.05) is 12.5 Å². The van der Waals surface area contributed by atoms with Gasteiger partial charge >= 0.3 is 0 Å². The first-order valence-corrected chi connectivity index (χ1v) is 25.6. The monoisotopic (exact) mass is 1140 g/mol. The second kappa shape index (κ2) is 37.6. The summed E-state index contributed by atoms with van der Waals surface area (Å²) in [5.41, 5.74) is 32.8. The van der Waals surface area contributed by atoms with E-state index in [2.05, 4.69) is 63.1 Å². The van der Waals surface area contributed by atoms with E-state index in [0.29, 0.717) is 19.4 Å². The molecule has 0 unspecified atom stereocenters. The van der Waals surface area contributed by atoms with E-state index in [1.54, 1.807) is 12.1 Å². The zero-order chi connectivity index (χ0) is 60.5. The number of rotatable bonds is 39. The number of aromatic nitrogens is 1. The number of nitrogens with one attached hydrogen (secondary N) is 10. The molecule has 80 heavy (non-hydrogen) atoms. The highest BCUT2D eigenvalue weighted by atomic mass is 16.3. The second-order valence-electron chi connectivity index (χ2n) is 18.4. The molecule has 33 heteroatoms. The molecule has 25 N–H and O–H groups in total. The smallest absolute Gasteiger partial charge is 0.269 e. The summed E-state index contributed by atoms with van der Waals surface area (Å²) in [4.78, 5) is 163. The topological polar surface area (TPSA) is 567 Å². The van der Waals surface area contributed by atoms with Gasteiger partial charge < -0.3 is 103 Å². The van der Waals surface area contributed by atoms with Crippen molar-refractivity contribution in [2.24, 2.45) is 39.4 Å². The number of aliphatic hydroxyl groups is 3. The molecule has 0 saturated heterocycles. The van der Waals surface area contributed by atoms with Gasteiger partial charge in [-0.3, -0.25) is 67.5 Å². The minimum Gasteiger partial charge on any atom is -0.394 e. The van der Waals surface area contributed by atoms with Crippen LogP contribution in [0, 0.1) is 0 Å². The van der Waals surface area contributed by atoms with E-state index in [0.717, 1.165) is 13.8 Å². The number of guanidine groups is 1. The lowest BCUT2D eigenvalue weighted by molar-refractivity contribution is -0.137. The highest BCUT2D eigenvalue weighted by molar-refractivity contribution is 5.98. The van der Waals surface area contributed by atoms with Crippen molar-refractivity contribution >= 4 is 76.8 Å². The fraction of sp³-hybridized carbons (Fsp3) is 0.617. The van der Waals surface area contributed by atoms with Gasteiger partial charge in [0, 0.05) is 25.7 Å². The van der Waals surface area contributed by atoms with Crippen molar-refractivity contribution < 1.29 is 72.9 Å². The number of primary amides is 2. The van der Waals surface area contributed by atoms with E-state index in [1.165, 1.54) is 19.2 Å². The van der Waals surface area contributed by atoms with Gasteiger partial charge in [0.05, 0.1) is 37.9 Å². The van der Waals surface area contributed by atoms with Gasteiger partial charge in [-0.05, 0) is 90.8 Å². The third-order valence-electron chi connectivity index (χ3n) is 11.5. The van der Waals surface area contributed by atoms with Crippen molar-refractivity contribution in [1.82, 2.24) is 58.2 Å². The molecule has 448 valence electrons. The molecule has 0 spiro atoms. The number of aliphatic imine (C=N–C) groups is 1. The van der Waals surface area contributed by atoms with E-state index in [-0.39, 0.29) is 76.1 Å². The summed E-state index contributed by atoms with van der Waals surface area (Å²) in [6, 6.07) is -7.75. The van der Waals surface area contributed by atoms with E-state index >= 15 is 0 Å². The largest absolute Gasteiger partial charge is 0.394 e. The maximum absolute atomic E-state index is 14.2. The van der Waals surface area contributed by atoms with Crippen LogP contribution in [0.1, 0.15) is 95.5 Å². The molecule has 1 heterocycles. The third kappa shape index (κ3) is 28.0. The highest BCUT2D eigenvalue weighted by Gasteiger charge is 2.35. The van der Waals surface area contributed by atoms with Gasteiger partial charge in [0.15, 0.2) is 5.96 Å². The molecule has 0 aliphatic heterocycles. The first-order chi connectivity index (χ1) is 37.7. The van der Waals surface area contributed by atoms with Gasteiger partial charge in [0.2, 0.25) is 65.0 Å². The number of unbranched alkanes of at least 4 members (excludes halogenated alkanes) is 2. The minimum atomic E-state index is -1.84. The van der Waals surface area contributed by atoms with Crippen LogP contribution in [-0.4, -0.2) is 197 Å². The summed E-state index contributed by atoms with van der Waals surface area (Å²) >= 11 is 0. The number of carbonyl (C=O) groups is 12. The van der Waals surface area contributed by atoms with Crippen LogP contribution in [0.15, 0.2) is 29.4 Å². The van der Waals surface area contributed by atoms with Crippen LogP contribution in [0.3, 0.4) is 0 Å². The van der Waals surface area contributed by atoms with Crippen molar-refractivity contribution in [3.05, 3.63) is 30.1 Å². The molecule has 1 rings (SSSR count). The summed E-state index contributed by atoms with van der Waals surface area (Å²) in [5, 5.41) is 54.6. The Labute approximate surface area is 461 Å². The first-order valence-electron chi connectivity index (χ1n) is 25.6. The fourth-order valence-corrected chi connectivity index (χ4v) is 7.03. The summed E-state index contributed by atoms with van der Waals surface area (Å²) in [7, 11) is 0. The number of hydrogen-bond acceptors (Lipinski definition) is 19. The molecular formula is C47H80N18O15. The number of carbonyl (C=O) groups excluding carboxylic acids is 12. The van der Waals surface area contributed by atoms with Crippen LogP contribution in [0.4, 0.5) is 0 Å². The van der Waals surface area contributed by atoms with Gasteiger partial charge in [-0.25, -0.2) is 0 Å². The molecule has 0 saturated carbocycles. The normalized spacial score (nSPS) is 14.6. The summed E-state index contributed by atoms with van der Waals surface area (Å²) in [6.45, 7) is 1.49. The Morgan fingerprint density at radius 2 is 1.10 bits per heavy atom. The van der Waals surface area contributed by atoms with Crippen molar-refractivity contribution in [1.29, 1.82) is 0 Å². The van der Waals surface area contributed by atoms with Crippen molar-refractivity contribution in [2.75, 3.05) is 39.3 Å². The first kappa shape index (κ1) is 69.9. The molecule has 0 fully saturated rings. The fourth-order valence-electron chi connectivity index (χ4n) is 7.03. The Morgan fingerprint density at radius 3 is 1.65 bits per heavy atom. The molecule has 1 aromatic heterocycles. The third-order valence-corrected chi connectivity index (χ3v) is 11.5. The lowest BCUT2D eigenvalue weighted by Crippen LogP contribution is -2.61. The zero-order valence-corrected chi connectivity index (χ0v) is 45.0.